The lowest BCUT2D eigenvalue weighted by Gasteiger charge is -2.12. The second kappa shape index (κ2) is 7.12. The number of nitrogens with zero attached hydrogens (tertiary/aromatic N) is 1. The maximum absolute atomic E-state index is 11.4. The first-order chi connectivity index (χ1) is 9.42. The molecule has 0 atom stereocenters. The Balaban J connectivity index is 3.35. The van der Waals surface area contributed by atoms with Crippen LogP contribution in [0.25, 0.3) is 6.08 Å². The number of hydrogen-bond acceptors (Lipinski definition) is 5. The van der Waals surface area contributed by atoms with Crippen LogP contribution in [0.3, 0.4) is 0 Å². The van der Waals surface area contributed by atoms with Crippen molar-refractivity contribution >= 4 is 46.8 Å². The number of esters is 1. The second-order valence-electron chi connectivity index (χ2n) is 3.56. The molecule has 108 valence electrons. The summed E-state index contributed by atoms with van der Waals surface area (Å²) in [5.74, 6) is -1.30. The van der Waals surface area contributed by atoms with Crippen molar-refractivity contribution in [3.63, 3.8) is 0 Å². The lowest BCUT2D eigenvalue weighted by Crippen LogP contribution is -2.16. The Morgan fingerprint density at radius 1 is 1.40 bits per heavy atom. The molecule has 1 aromatic heterocycles. The number of rotatable bonds is 5. The van der Waals surface area contributed by atoms with Crippen LogP contribution in [0.2, 0.25) is 10.3 Å². The molecule has 20 heavy (non-hydrogen) atoms. The highest BCUT2D eigenvalue weighted by molar-refractivity contribution is 6.36. The summed E-state index contributed by atoms with van der Waals surface area (Å²) < 4.78 is 4.75. The summed E-state index contributed by atoms with van der Waals surface area (Å²) in [4.78, 5) is 26.5. The first-order valence-electron chi connectivity index (χ1n) is 5.63. The lowest BCUT2D eigenvalue weighted by atomic mass is 10.1. The summed E-state index contributed by atoms with van der Waals surface area (Å²) in [6, 6.07) is 0. The number of nitrogens with one attached hydrogen (secondary N) is 1. The molecular weight excluding hydrogens is 305 g/mol. The maximum atomic E-state index is 11.4. The summed E-state index contributed by atoms with van der Waals surface area (Å²) in [5.41, 5.74) is 5.87. The summed E-state index contributed by atoms with van der Waals surface area (Å²) in [7, 11) is 1.57. The van der Waals surface area contributed by atoms with Crippen molar-refractivity contribution in [1.82, 2.24) is 4.98 Å². The third kappa shape index (κ3) is 3.61. The van der Waals surface area contributed by atoms with E-state index in [4.69, 9.17) is 33.7 Å². The van der Waals surface area contributed by atoms with Crippen LogP contribution in [0, 0.1) is 0 Å². The number of carbonyl (C=O) groups excluding carboxylic acids is 2. The van der Waals surface area contributed by atoms with E-state index in [-0.39, 0.29) is 22.5 Å². The van der Waals surface area contributed by atoms with Crippen molar-refractivity contribution in [3.8, 4) is 0 Å². The predicted molar refractivity (Wildman–Crippen MR) is 78.0 cm³/mol. The van der Waals surface area contributed by atoms with Crippen molar-refractivity contribution in [3.05, 3.63) is 27.5 Å². The van der Waals surface area contributed by atoms with Gasteiger partial charge in [-0.2, -0.15) is 0 Å². The van der Waals surface area contributed by atoms with Crippen LogP contribution >= 0.6 is 23.2 Å². The van der Waals surface area contributed by atoms with Crippen molar-refractivity contribution in [2.24, 2.45) is 5.73 Å². The number of amides is 1. The van der Waals surface area contributed by atoms with E-state index in [9.17, 15) is 9.59 Å². The lowest BCUT2D eigenvalue weighted by molar-refractivity contribution is -0.137. The zero-order valence-electron chi connectivity index (χ0n) is 10.9. The molecule has 0 aliphatic carbocycles. The van der Waals surface area contributed by atoms with Gasteiger partial charge >= 0.3 is 5.97 Å². The molecule has 0 unspecified atom stereocenters. The van der Waals surface area contributed by atoms with Gasteiger partial charge in [-0.1, -0.05) is 23.2 Å². The monoisotopic (exact) mass is 317 g/mol. The Hall–Kier alpha value is -1.79. The van der Waals surface area contributed by atoms with Crippen LogP contribution in [-0.4, -0.2) is 30.5 Å². The molecule has 3 N–H and O–H groups in total. The van der Waals surface area contributed by atoms with Crippen LogP contribution in [0.5, 0.6) is 0 Å². The van der Waals surface area contributed by atoms with E-state index in [1.54, 1.807) is 14.0 Å². The maximum Gasteiger partial charge on any atom is 0.330 e. The third-order valence-corrected chi connectivity index (χ3v) is 2.87. The smallest absolute Gasteiger partial charge is 0.330 e. The van der Waals surface area contributed by atoms with E-state index < -0.39 is 11.9 Å². The van der Waals surface area contributed by atoms with E-state index in [1.807, 2.05) is 0 Å². The number of carbonyl (C=O) groups is 2. The third-order valence-electron chi connectivity index (χ3n) is 2.31. The zero-order chi connectivity index (χ0) is 15.3. The average Bonchev–Trinajstić information content (AvgIpc) is 2.36. The highest BCUT2D eigenvalue weighted by Crippen LogP contribution is 2.32. The van der Waals surface area contributed by atoms with Crippen molar-refractivity contribution in [2.45, 2.75) is 6.92 Å². The van der Waals surface area contributed by atoms with E-state index in [0.717, 1.165) is 0 Å². The minimum atomic E-state index is -0.755. The molecule has 0 fully saturated rings. The highest BCUT2D eigenvalue weighted by Gasteiger charge is 2.19. The minimum Gasteiger partial charge on any atom is -0.463 e. The Morgan fingerprint density at radius 3 is 2.55 bits per heavy atom. The SMILES string of the molecule is CCOC(=O)/C=C/c1c(Cl)nc(Cl)c(C(N)=O)c1NC. The quantitative estimate of drug-likeness (QED) is 0.492. The molecule has 1 rings (SSSR count). The second-order valence-corrected chi connectivity index (χ2v) is 4.27. The number of primary amides is 1. The number of ether oxygens (including phenoxy) is 1. The number of aromatic nitrogens is 1. The number of pyridine rings is 1. The van der Waals surface area contributed by atoms with Gasteiger partial charge in [0.1, 0.15) is 15.9 Å². The standard InChI is InChI=1S/C12H13Cl2N3O3/c1-3-20-7(18)5-4-6-9(16-2)8(12(15)19)11(14)17-10(6)13/h4-5H,3H2,1-2H3,(H2,15,19)(H,16,17)/b5-4+. The van der Waals surface area contributed by atoms with Crippen molar-refractivity contribution in [2.75, 3.05) is 19.0 Å². The fourth-order valence-electron chi connectivity index (χ4n) is 1.52. The van der Waals surface area contributed by atoms with Gasteiger partial charge in [-0.15, -0.1) is 0 Å². The molecule has 0 aromatic carbocycles. The first kappa shape index (κ1) is 16.3. The molecule has 0 bridgehead atoms. The summed E-state index contributed by atoms with van der Waals surface area (Å²) in [6.07, 6.45) is 2.55. The average molecular weight is 318 g/mol. The molecule has 0 aliphatic heterocycles. The number of anilines is 1. The predicted octanol–water partition coefficient (Wildman–Crippen LogP) is 2.11. The van der Waals surface area contributed by atoms with E-state index in [1.165, 1.54) is 12.2 Å². The van der Waals surface area contributed by atoms with Crippen LogP contribution < -0.4 is 11.1 Å². The molecule has 0 saturated carbocycles. The van der Waals surface area contributed by atoms with E-state index >= 15 is 0 Å². The largest absolute Gasteiger partial charge is 0.463 e. The van der Waals surface area contributed by atoms with Crippen LogP contribution in [0.1, 0.15) is 22.8 Å². The molecule has 0 radical (unpaired) electrons. The molecule has 1 amide bonds. The van der Waals surface area contributed by atoms with Crippen LogP contribution in [-0.2, 0) is 9.53 Å². The Bertz CT molecular complexity index is 574. The highest BCUT2D eigenvalue weighted by atomic mass is 35.5. The summed E-state index contributed by atoms with van der Waals surface area (Å²) >= 11 is 11.8. The van der Waals surface area contributed by atoms with E-state index in [0.29, 0.717) is 11.3 Å². The Kier molecular flexibility index (Phi) is 5.79. The van der Waals surface area contributed by atoms with Gasteiger partial charge in [-0.05, 0) is 13.0 Å². The van der Waals surface area contributed by atoms with Gasteiger partial charge in [0.25, 0.3) is 5.91 Å². The summed E-state index contributed by atoms with van der Waals surface area (Å²) in [5, 5.41) is 2.69. The molecular formula is C12H13Cl2N3O3. The molecule has 8 heteroatoms. The fraction of sp³-hybridized carbons (Fsp3) is 0.250. The van der Waals surface area contributed by atoms with Crippen molar-refractivity contribution < 1.29 is 14.3 Å². The van der Waals surface area contributed by atoms with Gasteiger partial charge in [0, 0.05) is 18.7 Å². The van der Waals surface area contributed by atoms with Gasteiger partial charge < -0.3 is 15.8 Å². The molecule has 6 nitrogen and oxygen atoms in total. The van der Waals surface area contributed by atoms with Gasteiger partial charge in [0.05, 0.1) is 12.3 Å². The van der Waals surface area contributed by atoms with Crippen LogP contribution in [0.15, 0.2) is 6.08 Å². The van der Waals surface area contributed by atoms with Gasteiger partial charge in [-0.25, -0.2) is 9.78 Å². The molecule has 1 aromatic rings. The number of nitrogens with two attached hydrogens (primary N) is 1. The molecule has 0 aliphatic rings. The van der Waals surface area contributed by atoms with Gasteiger partial charge in [0.15, 0.2) is 0 Å². The number of halogens is 2. The fourth-order valence-corrected chi connectivity index (χ4v) is 2.08. The Morgan fingerprint density at radius 2 is 2.05 bits per heavy atom. The van der Waals surface area contributed by atoms with Crippen molar-refractivity contribution in [1.29, 1.82) is 0 Å². The van der Waals surface area contributed by atoms with E-state index in [2.05, 4.69) is 10.3 Å². The van der Waals surface area contributed by atoms with Gasteiger partial charge in [-0.3, -0.25) is 4.79 Å². The Labute approximate surface area is 125 Å². The van der Waals surface area contributed by atoms with Gasteiger partial charge in [0.2, 0.25) is 0 Å². The first-order valence-corrected chi connectivity index (χ1v) is 6.39. The molecule has 0 saturated heterocycles. The van der Waals surface area contributed by atoms with Crippen LogP contribution in [0.4, 0.5) is 5.69 Å². The topological polar surface area (TPSA) is 94.3 Å². The molecule has 0 spiro atoms. The normalized spacial score (nSPS) is 10.6. The molecule has 1 heterocycles. The minimum absolute atomic E-state index is 0.00192. The summed E-state index contributed by atoms with van der Waals surface area (Å²) in [6.45, 7) is 1.94. The zero-order valence-corrected chi connectivity index (χ0v) is 12.4. The number of hydrogen-bond donors (Lipinski definition) is 2.